The van der Waals surface area contributed by atoms with Gasteiger partial charge < -0.3 is 9.47 Å². The summed E-state index contributed by atoms with van der Waals surface area (Å²) in [4.78, 5) is 20.3. The Hall–Kier alpha value is -1.83. The van der Waals surface area contributed by atoms with Crippen LogP contribution in [-0.4, -0.2) is 44.7 Å². The highest BCUT2D eigenvalue weighted by Crippen LogP contribution is 2.29. The maximum Gasteiger partial charge on any atom is 0.316 e. The van der Waals surface area contributed by atoms with E-state index in [-0.39, 0.29) is 11.7 Å². The Morgan fingerprint density at radius 3 is 2.03 bits per heavy atom. The first-order valence-electron chi connectivity index (χ1n) is 13.3. The molecule has 0 aliphatic rings. The Balaban J connectivity index is 1.58. The number of thioether (sulfide) groups is 1. The third-order valence-electron chi connectivity index (χ3n) is 5.90. The molecule has 0 bridgehead atoms. The maximum absolute atomic E-state index is 11.7. The van der Waals surface area contributed by atoms with Gasteiger partial charge in [-0.05, 0) is 13.3 Å². The number of unbranched alkanes of at least 4 members (excludes halogenated alkanes) is 13. The molecule has 0 saturated carbocycles. The average molecular weight is 493 g/mol. The number of rotatable bonds is 20. The molecular formula is C26H44N4O3S. The van der Waals surface area contributed by atoms with Crippen LogP contribution in [0.2, 0.25) is 0 Å². The molecule has 0 spiro atoms. The van der Waals surface area contributed by atoms with Gasteiger partial charge in [-0.15, -0.1) is 0 Å². The van der Waals surface area contributed by atoms with Crippen molar-refractivity contribution in [1.82, 2.24) is 19.7 Å². The van der Waals surface area contributed by atoms with Gasteiger partial charge in [-0.3, -0.25) is 4.79 Å². The smallest absolute Gasteiger partial charge is 0.316 e. The molecule has 34 heavy (non-hydrogen) atoms. The molecule has 0 radical (unpaired) electrons. The molecule has 0 N–H and O–H groups in total. The number of carbonyl (C=O) groups is 1. The third-order valence-corrected chi connectivity index (χ3v) is 6.86. The van der Waals surface area contributed by atoms with Crippen molar-refractivity contribution in [2.75, 3.05) is 19.0 Å². The molecule has 0 fully saturated rings. The fourth-order valence-electron chi connectivity index (χ4n) is 4.02. The second-order valence-electron chi connectivity index (χ2n) is 8.84. The largest absolute Gasteiger partial charge is 0.476 e. The van der Waals surface area contributed by atoms with Crippen molar-refractivity contribution in [2.45, 2.75) is 109 Å². The van der Waals surface area contributed by atoms with Crippen LogP contribution in [0.15, 0.2) is 11.4 Å². The van der Waals surface area contributed by atoms with Gasteiger partial charge in [0.05, 0.1) is 19.0 Å². The Morgan fingerprint density at radius 2 is 1.44 bits per heavy atom. The highest BCUT2D eigenvalue weighted by molar-refractivity contribution is 8.00. The van der Waals surface area contributed by atoms with Gasteiger partial charge >= 0.3 is 5.97 Å². The molecule has 0 unspecified atom stereocenters. The number of fused-ring (bicyclic) bond motifs is 1. The van der Waals surface area contributed by atoms with Gasteiger partial charge in [0.15, 0.2) is 5.52 Å². The Morgan fingerprint density at radius 1 is 0.853 bits per heavy atom. The SMILES string of the molecule is CCCCCCCCCCCCCCCCOc1c2ncnc(SCC(=O)OCC)c2nn1C. The molecule has 2 aromatic rings. The van der Waals surface area contributed by atoms with Crippen LogP contribution in [0.5, 0.6) is 5.88 Å². The molecule has 2 aromatic heterocycles. The van der Waals surface area contributed by atoms with Gasteiger partial charge in [-0.1, -0.05) is 102 Å². The van der Waals surface area contributed by atoms with E-state index in [1.165, 1.54) is 102 Å². The van der Waals surface area contributed by atoms with Crippen LogP contribution < -0.4 is 4.74 Å². The second kappa shape index (κ2) is 17.6. The molecule has 2 rings (SSSR count). The minimum Gasteiger partial charge on any atom is -0.476 e. The van der Waals surface area contributed by atoms with Crippen LogP contribution in [0.25, 0.3) is 11.0 Å². The number of nitrogens with zero attached hydrogens (tertiary/aromatic N) is 4. The Bertz CT molecular complexity index is 828. The highest BCUT2D eigenvalue weighted by Gasteiger charge is 2.17. The number of aromatic nitrogens is 4. The summed E-state index contributed by atoms with van der Waals surface area (Å²) >= 11 is 1.31. The molecular weight excluding hydrogens is 448 g/mol. The second-order valence-corrected chi connectivity index (χ2v) is 9.81. The van der Waals surface area contributed by atoms with Gasteiger partial charge in [0, 0.05) is 7.05 Å². The summed E-state index contributed by atoms with van der Waals surface area (Å²) in [6.07, 6.45) is 20.2. The minimum atomic E-state index is -0.260. The number of ether oxygens (including phenoxy) is 2. The van der Waals surface area contributed by atoms with Crippen molar-refractivity contribution < 1.29 is 14.3 Å². The lowest BCUT2D eigenvalue weighted by Gasteiger charge is -2.06. The fraction of sp³-hybridized carbons (Fsp3) is 0.769. The molecule has 0 aliphatic heterocycles. The zero-order valence-corrected chi connectivity index (χ0v) is 22.3. The van der Waals surface area contributed by atoms with E-state index in [4.69, 9.17) is 9.47 Å². The zero-order valence-electron chi connectivity index (χ0n) is 21.5. The maximum atomic E-state index is 11.7. The number of hydrogen-bond acceptors (Lipinski definition) is 7. The number of hydrogen-bond donors (Lipinski definition) is 0. The van der Waals surface area contributed by atoms with Crippen LogP contribution in [-0.2, 0) is 16.6 Å². The van der Waals surface area contributed by atoms with Crippen molar-refractivity contribution in [3.8, 4) is 5.88 Å². The van der Waals surface area contributed by atoms with Crippen molar-refractivity contribution in [3.63, 3.8) is 0 Å². The summed E-state index contributed by atoms with van der Waals surface area (Å²) in [6, 6.07) is 0. The van der Waals surface area contributed by atoms with E-state index >= 15 is 0 Å². The lowest BCUT2D eigenvalue weighted by atomic mass is 10.0. The summed E-state index contributed by atoms with van der Waals surface area (Å²) in [5.41, 5.74) is 1.35. The summed E-state index contributed by atoms with van der Waals surface area (Å²) in [5, 5.41) is 5.19. The predicted octanol–water partition coefficient (Wildman–Crippen LogP) is 6.88. The fourth-order valence-corrected chi connectivity index (χ4v) is 4.75. The summed E-state index contributed by atoms with van der Waals surface area (Å²) in [7, 11) is 1.85. The van der Waals surface area contributed by atoms with Crippen molar-refractivity contribution in [1.29, 1.82) is 0 Å². The van der Waals surface area contributed by atoms with E-state index < -0.39 is 0 Å². The first-order valence-corrected chi connectivity index (χ1v) is 14.2. The molecule has 192 valence electrons. The predicted molar refractivity (Wildman–Crippen MR) is 139 cm³/mol. The summed E-state index contributed by atoms with van der Waals surface area (Å²) in [5.74, 6) is 0.598. The van der Waals surface area contributed by atoms with E-state index in [9.17, 15) is 4.79 Å². The Labute approximate surface area is 209 Å². The standard InChI is InChI=1S/C26H44N4O3S/c1-4-6-7-8-9-10-11-12-13-14-15-16-17-18-19-33-26-24-23(29-30(26)3)25(28-21-27-24)34-20-22(31)32-5-2/h21H,4-20H2,1-3H3. The molecule has 0 aliphatic carbocycles. The topological polar surface area (TPSA) is 79.1 Å². The average Bonchev–Trinajstić information content (AvgIpc) is 3.16. The van der Waals surface area contributed by atoms with E-state index in [2.05, 4.69) is 22.0 Å². The first-order chi connectivity index (χ1) is 16.7. The van der Waals surface area contributed by atoms with Crippen molar-refractivity contribution in [3.05, 3.63) is 6.33 Å². The Kier molecular flexibility index (Phi) is 14.7. The third kappa shape index (κ3) is 10.6. The van der Waals surface area contributed by atoms with Crippen LogP contribution in [0.3, 0.4) is 0 Å². The minimum absolute atomic E-state index is 0.200. The van der Waals surface area contributed by atoms with E-state index in [0.29, 0.717) is 35.2 Å². The molecule has 0 amide bonds. The van der Waals surface area contributed by atoms with Crippen molar-refractivity contribution >= 4 is 28.8 Å². The van der Waals surface area contributed by atoms with Crippen LogP contribution in [0.1, 0.15) is 104 Å². The molecule has 2 heterocycles. The molecule has 0 aromatic carbocycles. The van der Waals surface area contributed by atoms with E-state index in [1.54, 1.807) is 11.6 Å². The van der Waals surface area contributed by atoms with Crippen LogP contribution in [0, 0.1) is 0 Å². The van der Waals surface area contributed by atoms with Gasteiger partial charge in [-0.2, -0.15) is 5.10 Å². The molecule has 8 heteroatoms. The normalized spacial score (nSPS) is 11.3. The quantitative estimate of drug-likeness (QED) is 0.0862. The van der Waals surface area contributed by atoms with E-state index in [0.717, 1.165) is 6.42 Å². The van der Waals surface area contributed by atoms with Gasteiger partial charge in [0.1, 0.15) is 16.9 Å². The monoisotopic (exact) mass is 492 g/mol. The zero-order chi connectivity index (χ0) is 24.4. The summed E-state index contributed by atoms with van der Waals surface area (Å²) < 4.78 is 12.7. The first kappa shape index (κ1) is 28.4. The van der Waals surface area contributed by atoms with E-state index in [1.807, 2.05) is 7.05 Å². The number of carbonyl (C=O) groups excluding carboxylic acids is 1. The summed E-state index contributed by atoms with van der Waals surface area (Å²) in [6.45, 7) is 5.10. The van der Waals surface area contributed by atoms with Gasteiger partial charge in [0.2, 0.25) is 5.88 Å². The molecule has 7 nitrogen and oxygen atoms in total. The molecule has 0 saturated heterocycles. The van der Waals surface area contributed by atoms with Crippen molar-refractivity contribution in [2.24, 2.45) is 7.05 Å². The van der Waals surface area contributed by atoms with Gasteiger partial charge in [-0.25, -0.2) is 14.6 Å². The van der Waals surface area contributed by atoms with Crippen LogP contribution >= 0.6 is 11.8 Å². The lowest BCUT2D eigenvalue weighted by Crippen LogP contribution is -2.06. The highest BCUT2D eigenvalue weighted by atomic mass is 32.2. The van der Waals surface area contributed by atoms with Crippen LogP contribution in [0.4, 0.5) is 0 Å². The number of aryl methyl sites for hydroxylation is 1. The molecule has 0 atom stereocenters. The lowest BCUT2D eigenvalue weighted by molar-refractivity contribution is -0.139. The van der Waals surface area contributed by atoms with Gasteiger partial charge in [0.25, 0.3) is 0 Å². The number of esters is 1.